The molecule has 4 fully saturated rings. The van der Waals surface area contributed by atoms with Gasteiger partial charge < -0.3 is 9.84 Å². The Labute approximate surface area is 274 Å². The molecule has 3 aliphatic heterocycles. The maximum atomic E-state index is 14.5. The third kappa shape index (κ3) is 3.97. The van der Waals surface area contributed by atoms with Crippen molar-refractivity contribution in [1.82, 2.24) is 4.90 Å². The second kappa shape index (κ2) is 10.4. The molecule has 0 aromatic heterocycles. The van der Waals surface area contributed by atoms with Crippen LogP contribution >= 0.6 is 23.2 Å². The van der Waals surface area contributed by atoms with Crippen LogP contribution in [0.25, 0.3) is 0 Å². The normalized spacial score (nSPS) is 34.0. The molecule has 0 spiro atoms. The number of ether oxygens (including phenoxy) is 1. The number of likely N-dealkylation sites (tertiary alicyclic amines) is 1. The SMILES string of the molecule is O=C1C2CC=C3C(CC4(Cl)C(=O)N(c5ccc(F)cc5)C(=O)C4(Cl)C3C3=COc4ccc(O)cc4C3)C2C(=O)N1C1CCCCC1. The number of phenols is 1. The molecule has 0 radical (unpaired) electrons. The van der Waals surface area contributed by atoms with E-state index in [2.05, 4.69) is 0 Å². The lowest BCUT2D eigenvalue weighted by Crippen LogP contribution is -2.61. The van der Waals surface area contributed by atoms with E-state index in [4.69, 9.17) is 27.9 Å². The Bertz CT molecular complexity index is 1770. The third-order valence-electron chi connectivity index (χ3n) is 11.0. The highest BCUT2D eigenvalue weighted by Crippen LogP contribution is 2.65. The summed E-state index contributed by atoms with van der Waals surface area (Å²) in [5, 5.41) is 10.2. The molecule has 2 aromatic carbocycles. The molecule has 3 aliphatic carbocycles. The van der Waals surface area contributed by atoms with Crippen LogP contribution in [0.1, 0.15) is 50.5 Å². The number of benzene rings is 2. The highest BCUT2D eigenvalue weighted by molar-refractivity contribution is 6.58. The second-order valence-electron chi connectivity index (χ2n) is 13.4. The first-order valence-electron chi connectivity index (χ1n) is 15.8. The number of allylic oxidation sites excluding steroid dienone is 3. The summed E-state index contributed by atoms with van der Waals surface area (Å²) < 4.78 is 19.9. The average Bonchev–Trinajstić information content (AvgIpc) is 3.39. The summed E-state index contributed by atoms with van der Waals surface area (Å²) >= 11 is 14.9. The van der Waals surface area contributed by atoms with Crippen LogP contribution in [0.5, 0.6) is 11.5 Å². The first-order chi connectivity index (χ1) is 22.0. The van der Waals surface area contributed by atoms with Gasteiger partial charge in [-0.1, -0.05) is 30.9 Å². The van der Waals surface area contributed by atoms with Crippen LogP contribution in [0.4, 0.5) is 10.1 Å². The minimum absolute atomic E-state index is 0.0320. The summed E-state index contributed by atoms with van der Waals surface area (Å²) in [6.45, 7) is 0. The smallest absolute Gasteiger partial charge is 0.258 e. The largest absolute Gasteiger partial charge is 0.508 e. The number of hydrogen-bond acceptors (Lipinski definition) is 6. The van der Waals surface area contributed by atoms with E-state index in [0.717, 1.165) is 49.1 Å². The maximum Gasteiger partial charge on any atom is 0.258 e. The number of imide groups is 2. The van der Waals surface area contributed by atoms with E-state index in [0.29, 0.717) is 28.9 Å². The summed E-state index contributed by atoms with van der Waals surface area (Å²) in [5.74, 6) is -4.92. The standard InChI is InChI=1S/C35H31Cl2FN2O6/c36-34-16-26-24(11-12-25-28(26)31(43)39(30(25)42)21-4-2-1-3-5-21)29(19-14-18-15-23(41)10-13-27(18)46-17-19)35(34,37)33(45)40(32(34)44)22-8-6-20(38)7-9-22/h6-11,13,15,17,21,25-26,28-29,41H,1-5,12,14,16H2. The Balaban J connectivity index is 1.26. The molecule has 1 N–H and O–H groups in total. The zero-order valence-electron chi connectivity index (χ0n) is 24.8. The molecule has 6 aliphatic rings. The van der Waals surface area contributed by atoms with Gasteiger partial charge in [-0.15, -0.1) is 23.2 Å². The number of hydrogen-bond donors (Lipinski definition) is 1. The lowest BCUT2D eigenvalue weighted by atomic mass is 9.56. The van der Waals surface area contributed by atoms with Crippen molar-refractivity contribution >= 4 is 52.5 Å². The molecule has 238 valence electrons. The van der Waals surface area contributed by atoms with Crippen molar-refractivity contribution in [3.05, 3.63) is 77.3 Å². The number of halogens is 3. The van der Waals surface area contributed by atoms with E-state index in [1.165, 1.54) is 29.4 Å². The van der Waals surface area contributed by atoms with Gasteiger partial charge in [0.05, 0.1) is 23.8 Å². The lowest BCUT2D eigenvalue weighted by Gasteiger charge is -2.51. The first-order valence-corrected chi connectivity index (χ1v) is 16.6. The molecule has 4 amide bonds. The van der Waals surface area contributed by atoms with Gasteiger partial charge in [0.1, 0.15) is 17.3 Å². The quantitative estimate of drug-likeness (QED) is 0.254. The van der Waals surface area contributed by atoms with Gasteiger partial charge in [-0.25, -0.2) is 9.29 Å². The van der Waals surface area contributed by atoms with Crippen molar-refractivity contribution in [2.75, 3.05) is 4.90 Å². The molecule has 11 heteroatoms. The van der Waals surface area contributed by atoms with Gasteiger partial charge in [-0.3, -0.25) is 24.1 Å². The van der Waals surface area contributed by atoms with Gasteiger partial charge in [-0.2, -0.15) is 0 Å². The Morgan fingerprint density at radius 2 is 1.65 bits per heavy atom. The first kappa shape index (κ1) is 29.7. The molecule has 0 bridgehead atoms. The van der Waals surface area contributed by atoms with Crippen molar-refractivity contribution in [3.63, 3.8) is 0 Å². The summed E-state index contributed by atoms with van der Waals surface area (Å²) in [7, 11) is 0. The Kier molecular flexibility index (Phi) is 6.72. The number of carbonyl (C=O) groups excluding carboxylic acids is 4. The predicted molar refractivity (Wildman–Crippen MR) is 167 cm³/mol. The molecular weight excluding hydrogens is 634 g/mol. The maximum absolute atomic E-state index is 14.5. The van der Waals surface area contributed by atoms with E-state index >= 15 is 0 Å². The number of alkyl halides is 2. The fourth-order valence-electron chi connectivity index (χ4n) is 8.93. The Morgan fingerprint density at radius 1 is 0.913 bits per heavy atom. The van der Waals surface area contributed by atoms with Gasteiger partial charge >= 0.3 is 0 Å². The number of anilines is 1. The molecule has 2 saturated carbocycles. The summed E-state index contributed by atoms with van der Waals surface area (Å²) in [5.41, 5.74) is 2.01. The fourth-order valence-corrected chi connectivity index (χ4v) is 9.88. The zero-order chi connectivity index (χ0) is 32.1. The van der Waals surface area contributed by atoms with Gasteiger partial charge in [0, 0.05) is 23.9 Å². The van der Waals surface area contributed by atoms with Crippen LogP contribution in [0.15, 0.2) is 65.9 Å². The highest BCUT2D eigenvalue weighted by atomic mass is 35.5. The van der Waals surface area contributed by atoms with Crippen molar-refractivity contribution in [3.8, 4) is 11.5 Å². The van der Waals surface area contributed by atoms with Gasteiger partial charge in [0.25, 0.3) is 11.8 Å². The average molecular weight is 666 g/mol. The Morgan fingerprint density at radius 3 is 2.39 bits per heavy atom. The molecule has 8 nitrogen and oxygen atoms in total. The number of rotatable bonds is 3. The second-order valence-corrected chi connectivity index (χ2v) is 14.6. The number of carbonyl (C=O) groups is 4. The van der Waals surface area contributed by atoms with Gasteiger partial charge in [0.2, 0.25) is 11.8 Å². The number of aromatic hydroxyl groups is 1. The van der Waals surface area contributed by atoms with Crippen LogP contribution in [0, 0.1) is 29.5 Å². The molecule has 46 heavy (non-hydrogen) atoms. The van der Waals surface area contributed by atoms with E-state index in [9.17, 15) is 28.7 Å². The molecule has 2 saturated heterocycles. The van der Waals surface area contributed by atoms with Crippen molar-refractivity contribution < 1.29 is 33.4 Å². The van der Waals surface area contributed by atoms with Gasteiger partial charge in [0.15, 0.2) is 9.75 Å². The van der Waals surface area contributed by atoms with Crippen LogP contribution in [-0.4, -0.2) is 49.4 Å². The molecule has 8 rings (SSSR count). The molecular formula is C35H31Cl2FN2O6. The van der Waals surface area contributed by atoms with E-state index < -0.39 is 51.1 Å². The van der Waals surface area contributed by atoms with Crippen LogP contribution in [0.3, 0.4) is 0 Å². The molecule has 6 atom stereocenters. The number of amides is 4. The summed E-state index contributed by atoms with van der Waals surface area (Å²) in [4.78, 5) is 55.4. The number of phenolic OH excluding ortho intramolecular Hbond substituents is 1. The number of nitrogens with zero attached hydrogens (tertiary/aromatic N) is 2. The van der Waals surface area contributed by atoms with E-state index in [1.807, 2.05) is 6.08 Å². The summed E-state index contributed by atoms with van der Waals surface area (Å²) in [6, 6.07) is 9.50. The lowest BCUT2D eigenvalue weighted by molar-refractivity contribution is -0.143. The number of fused-ring (bicyclic) bond motifs is 5. The molecule has 6 unspecified atom stereocenters. The fraction of sp³-hybridized carbons (Fsp3) is 0.429. The molecule has 2 aromatic rings. The highest BCUT2D eigenvalue weighted by Gasteiger charge is 2.77. The van der Waals surface area contributed by atoms with Crippen LogP contribution in [-0.2, 0) is 25.6 Å². The van der Waals surface area contributed by atoms with Gasteiger partial charge in [-0.05, 0) is 79.6 Å². The van der Waals surface area contributed by atoms with Crippen molar-refractivity contribution in [2.45, 2.75) is 67.2 Å². The zero-order valence-corrected chi connectivity index (χ0v) is 26.3. The monoisotopic (exact) mass is 664 g/mol. The third-order valence-corrected chi connectivity index (χ3v) is 12.4. The minimum Gasteiger partial charge on any atom is -0.508 e. The minimum atomic E-state index is -2.03. The Hall–Kier alpha value is -3.69. The van der Waals surface area contributed by atoms with Crippen LogP contribution < -0.4 is 9.64 Å². The van der Waals surface area contributed by atoms with Crippen LogP contribution in [0.2, 0.25) is 0 Å². The predicted octanol–water partition coefficient (Wildman–Crippen LogP) is 5.78. The van der Waals surface area contributed by atoms with Crippen molar-refractivity contribution in [1.29, 1.82) is 0 Å². The van der Waals surface area contributed by atoms with E-state index in [1.54, 1.807) is 12.1 Å². The topological polar surface area (TPSA) is 104 Å². The summed E-state index contributed by atoms with van der Waals surface area (Å²) in [6.07, 6.45) is 8.31. The van der Waals surface area contributed by atoms with Crippen molar-refractivity contribution in [2.24, 2.45) is 23.7 Å². The molecule has 3 heterocycles. The van der Waals surface area contributed by atoms with E-state index in [-0.39, 0.29) is 42.1 Å².